The number of hydrogen-bond donors (Lipinski definition) is 2. The lowest BCUT2D eigenvalue weighted by atomic mass is 9.93. The molecule has 1 aliphatic heterocycles. The van der Waals surface area contributed by atoms with E-state index in [2.05, 4.69) is 10.6 Å². The first-order valence-electron chi connectivity index (χ1n) is 7.91. The summed E-state index contributed by atoms with van der Waals surface area (Å²) in [7, 11) is 0. The molecule has 0 bridgehead atoms. The summed E-state index contributed by atoms with van der Waals surface area (Å²) in [6, 6.07) is 4.59. The van der Waals surface area contributed by atoms with Crippen molar-refractivity contribution in [1.29, 1.82) is 0 Å². The molecule has 0 saturated carbocycles. The summed E-state index contributed by atoms with van der Waals surface area (Å²) in [5.41, 5.74) is -0.259. The largest absolute Gasteiger partial charge is 0.416 e. The number of nitrogens with one attached hydrogen (secondary N) is 2. The standard InChI is InChI=1S/C17H19F3N2O3/c1-10(5-11-3-2-4-13(6-11)17(18,19)20)21-14(23)7-12-8-15(24)22-16(25)9-12/h2-4,6,10,12H,5,7-9H2,1H3,(H,21,23)(H,22,24,25)/t10-/m1/s1. The Bertz CT molecular complexity index is 657. The topological polar surface area (TPSA) is 75.3 Å². The molecule has 1 aromatic rings. The molecule has 1 aromatic carbocycles. The molecular formula is C17H19F3N2O3. The van der Waals surface area contributed by atoms with E-state index in [0.29, 0.717) is 5.56 Å². The number of carbonyl (C=O) groups is 3. The Morgan fingerprint density at radius 2 is 1.92 bits per heavy atom. The molecule has 0 aliphatic carbocycles. The van der Waals surface area contributed by atoms with E-state index in [1.807, 2.05) is 0 Å². The molecule has 2 N–H and O–H groups in total. The lowest BCUT2D eigenvalue weighted by molar-refractivity contribution is -0.138. The molecule has 5 nitrogen and oxygen atoms in total. The summed E-state index contributed by atoms with van der Waals surface area (Å²) in [6.45, 7) is 1.69. The molecule has 1 aliphatic rings. The van der Waals surface area contributed by atoms with E-state index in [1.54, 1.807) is 13.0 Å². The molecule has 0 radical (unpaired) electrons. The highest BCUT2D eigenvalue weighted by molar-refractivity contribution is 5.98. The molecule has 0 unspecified atom stereocenters. The van der Waals surface area contributed by atoms with Crippen LogP contribution >= 0.6 is 0 Å². The first-order valence-corrected chi connectivity index (χ1v) is 7.91. The van der Waals surface area contributed by atoms with Gasteiger partial charge in [-0.1, -0.05) is 18.2 Å². The number of alkyl halides is 3. The van der Waals surface area contributed by atoms with Crippen molar-refractivity contribution in [3.8, 4) is 0 Å². The Morgan fingerprint density at radius 1 is 1.28 bits per heavy atom. The third kappa shape index (κ3) is 5.88. The molecule has 1 heterocycles. The van der Waals surface area contributed by atoms with Crippen LogP contribution in [0, 0.1) is 5.92 Å². The molecule has 3 amide bonds. The quantitative estimate of drug-likeness (QED) is 0.794. The number of carbonyl (C=O) groups excluding carboxylic acids is 3. The lowest BCUT2D eigenvalue weighted by Gasteiger charge is -2.21. The van der Waals surface area contributed by atoms with E-state index in [1.165, 1.54) is 6.07 Å². The van der Waals surface area contributed by atoms with Gasteiger partial charge in [0.05, 0.1) is 5.56 Å². The summed E-state index contributed by atoms with van der Waals surface area (Å²) < 4.78 is 38.1. The molecule has 2 rings (SSSR count). The Hall–Kier alpha value is -2.38. The second-order valence-electron chi connectivity index (χ2n) is 6.32. The van der Waals surface area contributed by atoms with Gasteiger partial charge in [0.25, 0.3) is 0 Å². The zero-order chi connectivity index (χ0) is 18.6. The SMILES string of the molecule is C[C@H](Cc1cccc(C(F)(F)F)c1)NC(=O)CC1CC(=O)NC(=O)C1. The van der Waals surface area contributed by atoms with Crippen LogP contribution in [0.4, 0.5) is 13.2 Å². The van der Waals surface area contributed by atoms with Gasteiger partial charge in [0.2, 0.25) is 17.7 Å². The van der Waals surface area contributed by atoms with Crippen molar-refractivity contribution >= 4 is 17.7 Å². The molecule has 1 saturated heterocycles. The number of piperidine rings is 1. The number of hydrogen-bond acceptors (Lipinski definition) is 3. The molecular weight excluding hydrogens is 337 g/mol. The fraction of sp³-hybridized carbons (Fsp3) is 0.471. The fourth-order valence-corrected chi connectivity index (χ4v) is 2.87. The predicted octanol–water partition coefficient (Wildman–Crippen LogP) is 2.20. The Morgan fingerprint density at radius 3 is 2.52 bits per heavy atom. The minimum atomic E-state index is -4.41. The van der Waals surface area contributed by atoms with E-state index in [9.17, 15) is 27.6 Å². The Kier molecular flexibility index (Phi) is 5.81. The van der Waals surface area contributed by atoms with Crippen molar-refractivity contribution in [2.24, 2.45) is 5.92 Å². The van der Waals surface area contributed by atoms with Gasteiger partial charge in [0, 0.05) is 25.3 Å². The van der Waals surface area contributed by atoms with Gasteiger partial charge in [-0.2, -0.15) is 13.2 Å². The third-order valence-corrected chi connectivity index (χ3v) is 3.90. The van der Waals surface area contributed by atoms with E-state index in [0.717, 1.165) is 12.1 Å². The van der Waals surface area contributed by atoms with Gasteiger partial charge in [0.1, 0.15) is 0 Å². The van der Waals surface area contributed by atoms with Crippen molar-refractivity contribution in [2.45, 2.75) is 44.8 Å². The van der Waals surface area contributed by atoms with Crippen molar-refractivity contribution in [2.75, 3.05) is 0 Å². The van der Waals surface area contributed by atoms with Gasteiger partial charge >= 0.3 is 6.18 Å². The molecule has 0 spiro atoms. The first kappa shape index (κ1) is 19.0. The van der Waals surface area contributed by atoms with Gasteiger partial charge in [-0.15, -0.1) is 0 Å². The summed E-state index contributed by atoms with van der Waals surface area (Å²) in [6.07, 6.45) is -3.90. The number of benzene rings is 1. The van der Waals surface area contributed by atoms with Crippen molar-refractivity contribution in [3.63, 3.8) is 0 Å². The van der Waals surface area contributed by atoms with Gasteiger partial charge < -0.3 is 5.32 Å². The molecule has 8 heteroatoms. The van der Waals surface area contributed by atoms with Crippen molar-refractivity contribution < 1.29 is 27.6 Å². The van der Waals surface area contributed by atoms with Crippen LogP contribution in [-0.2, 0) is 27.0 Å². The van der Waals surface area contributed by atoms with E-state index >= 15 is 0 Å². The van der Waals surface area contributed by atoms with Gasteiger partial charge in [-0.05, 0) is 30.9 Å². The summed E-state index contributed by atoms with van der Waals surface area (Å²) in [5, 5.41) is 4.87. The highest BCUT2D eigenvalue weighted by atomic mass is 19.4. The number of amides is 3. The molecule has 136 valence electrons. The zero-order valence-electron chi connectivity index (χ0n) is 13.7. The number of rotatable bonds is 5. The molecule has 1 fully saturated rings. The van der Waals surface area contributed by atoms with Crippen molar-refractivity contribution in [3.05, 3.63) is 35.4 Å². The van der Waals surface area contributed by atoms with Crippen LogP contribution in [0.3, 0.4) is 0 Å². The van der Waals surface area contributed by atoms with Crippen LogP contribution in [-0.4, -0.2) is 23.8 Å². The van der Waals surface area contributed by atoms with Crippen LogP contribution in [0.25, 0.3) is 0 Å². The maximum atomic E-state index is 12.7. The van der Waals surface area contributed by atoms with Crippen molar-refractivity contribution in [1.82, 2.24) is 10.6 Å². The van der Waals surface area contributed by atoms with Crippen LogP contribution in [0.15, 0.2) is 24.3 Å². The summed E-state index contributed by atoms with van der Waals surface area (Å²) in [4.78, 5) is 34.6. The molecule has 25 heavy (non-hydrogen) atoms. The lowest BCUT2D eigenvalue weighted by Crippen LogP contribution is -2.41. The van der Waals surface area contributed by atoms with Crippen LogP contribution in [0.5, 0.6) is 0 Å². The maximum absolute atomic E-state index is 12.7. The van der Waals surface area contributed by atoms with E-state index < -0.39 is 23.6 Å². The van der Waals surface area contributed by atoms with Gasteiger partial charge in [-0.25, -0.2) is 0 Å². The smallest absolute Gasteiger partial charge is 0.353 e. The van der Waals surface area contributed by atoms with E-state index in [4.69, 9.17) is 0 Å². The van der Waals surface area contributed by atoms with Gasteiger partial charge in [0.15, 0.2) is 0 Å². The monoisotopic (exact) mass is 356 g/mol. The third-order valence-electron chi connectivity index (χ3n) is 3.90. The van der Waals surface area contributed by atoms with E-state index in [-0.39, 0.29) is 43.6 Å². The Balaban J connectivity index is 1.87. The molecule has 1 atom stereocenters. The number of halogens is 3. The second kappa shape index (κ2) is 7.67. The van der Waals surface area contributed by atoms with Crippen LogP contribution in [0.2, 0.25) is 0 Å². The van der Waals surface area contributed by atoms with Crippen LogP contribution < -0.4 is 10.6 Å². The normalized spacial score (nSPS) is 17.1. The minimum absolute atomic E-state index is 0.0338. The number of imide groups is 1. The van der Waals surface area contributed by atoms with Crippen LogP contribution in [0.1, 0.15) is 37.3 Å². The van der Waals surface area contributed by atoms with Gasteiger partial charge in [-0.3, -0.25) is 19.7 Å². The summed E-state index contributed by atoms with van der Waals surface area (Å²) >= 11 is 0. The fourth-order valence-electron chi connectivity index (χ4n) is 2.87. The molecule has 0 aromatic heterocycles. The average molecular weight is 356 g/mol. The first-order chi connectivity index (χ1) is 11.6. The second-order valence-corrected chi connectivity index (χ2v) is 6.32. The highest BCUT2D eigenvalue weighted by Crippen LogP contribution is 2.29. The Labute approximate surface area is 143 Å². The zero-order valence-corrected chi connectivity index (χ0v) is 13.7. The summed E-state index contributed by atoms with van der Waals surface area (Å²) in [5.74, 6) is -1.47. The average Bonchev–Trinajstić information content (AvgIpc) is 2.44. The highest BCUT2D eigenvalue weighted by Gasteiger charge is 2.30. The minimum Gasteiger partial charge on any atom is -0.353 e. The maximum Gasteiger partial charge on any atom is 0.416 e. The predicted molar refractivity (Wildman–Crippen MR) is 83.2 cm³/mol.